The lowest BCUT2D eigenvalue weighted by molar-refractivity contribution is -0.131. The van der Waals surface area contributed by atoms with Gasteiger partial charge in [-0.05, 0) is 33.9 Å². The molecule has 17 heavy (non-hydrogen) atoms. The van der Waals surface area contributed by atoms with Gasteiger partial charge in [-0.3, -0.25) is 10.1 Å². The summed E-state index contributed by atoms with van der Waals surface area (Å²) < 4.78 is 0. The van der Waals surface area contributed by atoms with Crippen molar-refractivity contribution in [1.82, 2.24) is 15.1 Å². The van der Waals surface area contributed by atoms with E-state index >= 15 is 0 Å². The van der Waals surface area contributed by atoms with Gasteiger partial charge in [0.1, 0.15) is 0 Å². The highest BCUT2D eigenvalue weighted by Crippen LogP contribution is 2.19. The molecule has 2 unspecified atom stereocenters. The van der Waals surface area contributed by atoms with Gasteiger partial charge in [0, 0.05) is 12.1 Å². The Balaban J connectivity index is 2.62. The molecule has 0 bridgehead atoms. The maximum atomic E-state index is 12.3. The summed E-state index contributed by atoms with van der Waals surface area (Å²) in [5.74, 6) is 0.671. The zero-order valence-corrected chi connectivity index (χ0v) is 12.1. The second-order valence-electron chi connectivity index (χ2n) is 5.97. The number of nitrogens with one attached hydrogen (secondary N) is 1. The summed E-state index contributed by atoms with van der Waals surface area (Å²) in [4.78, 5) is 16.4. The van der Waals surface area contributed by atoms with Gasteiger partial charge in [0.2, 0.25) is 5.91 Å². The molecule has 0 saturated carbocycles. The van der Waals surface area contributed by atoms with Crippen LogP contribution in [0.1, 0.15) is 34.1 Å². The monoisotopic (exact) mass is 241 g/mol. The Bertz CT molecular complexity index is 276. The summed E-state index contributed by atoms with van der Waals surface area (Å²) in [6.07, 6.45) is 1.04. The van der Waals surface area contributed by atoms with Crippen LogP contribution in [0.3, 0.4) is 0 Å². The molecule has 0 spiro atoms. The first-order valence-electron chi connectivity index (χ1n) is 6.49. The van der Waals surface area contributed by atoms with Crippen LogP contribution in [-0.2, 0) is 4.79 Å². The molecule has 0 aromatic heterocycles. The fourth-order valence-corrected chi connectivity index (χ4v) is 1.99. The summed E-state index contributed by atoms with van der Waals surface area (Å²) in [6, 6.07) is 0.0120. The molecule has 1 heterocycles. The van der Waals surface area contributed by atoms with Crippen LogP contribution < -0.4 is 5.32 Å². The van der Waals surface area contributed by atoms with Crippen molar-refractivity contribution in [1.29, 1.82) is 0 Å². The third-order valence-electron chi connectivity index (χ3n) is 4.08. The minimum Gasteiger partial charge on any atom is -0.327 e. The van der Waals surface area contributed by atoms with Crippen molar-refractivity contribution in [2.75, 3.05) is 27.3 Å². The van der Waals surface area contributed by atoms with E-state index < -0.39 is 0 Å². The van der Waals surface area contributed by atoms with E-state index in [1.807, 2.05) is 4.90 Å². The molecule has 1 N–H and O–H groups in total. The quantitative estimate of drug-likeness (QED) is 0.784. The molecule has 4 heteroatoms. The Morgan fingerprint density at radius 1 is 1.53 bits per heavy atom. The van der Waals surface area contributed by atoms with E-state index in [0.29, 0.717) is 12.6 Å². The summed E-state index contributed by atoms with van der Waals surface area (Å²) >= 11 is 0. The van der Waals surface area contributed by atoms with Crippen LogP contribution in [0.15, 0.2) is 0 Å². The number of amides is 1. The highest BCUT2D eigenvalue weighted by atomic mass is 16.2. The number of nitrogens with zero attached hydrogens (tertiary/aromatic N) is 2. The molecule has 1 saturated heterocycles. The molecule has 4 nitrogen and oxygen atoms in total. The Kier molecular flexibility index (Phi) is 4.55. The largest absolute Gasteiger partial charge is 0.327 e. The predicted octanol–water partition coefficient (Wildman–Crippen LogP) is 1.13. The number of carbonyl (C=O) groups is 1. The van der Waals surface area contributed by atoms with Crippen LogP contribution in [0, 0.1) is 5.92 Å². The highest BCUT2D eigenvalue weighted by Gasteiger charge is 2.37. The van der Waals surface area contributed by atoms with Crippen LogP contribution in [0.2, 0.25) is 0 Å². The Morgan fingerprint density at radius 2 is 2.12 bits per heavy atom. The number of hydrogen-bond donors (Lipinski definition) is 1. The summed E-state index contributed by atoms with van der Waals surface area (Å²) in [6.45, 7) is 10.1. The fraction of sp³-hybridized carbons (Fsp3) is 0.923. The zero-order valence-electron chi connectivity index (χ0n) is 12.1. The lowest BCUT2D eigenvalue weighted by Gasteiger charge is -2.36. The van der Waals surface area contributed by atoms with Crippen molar-refractivity contribution in [3.63, 3.8) is 0 Å². The van der Waals surface area contributed by atoms with E-state index in [4.69, 9.17) is 0 Å². The van der Waals surface area contributed by atoms with Gasteiger partial charge in [0.25, 0.3) is 0 Å². The van der Waals surface area contributed by atoms with Gasteiger partial charge < -0.3 is 9.80 Å². The van der Waals surface area contributed by atoms with Crippen molar-refractivity contribution in [3.05, 3.63) is 0 Å². The van der Waals surface area contributed by atoms with Gasteiger partial charge in [-0.1, -0.05) is 20.3 Å². The lowest BCUT2D eigenvalue weighted by atomic mass is 9.98. The Hall–Kier alpha value is -0.610. The first-order valence-corrected chi connectivity index (χ1v) is 6.49. The van der Waals surface area contributed by atoms with E-state index in [1.165, 1.54) is 0 Å². The summed E-state index contributed by atoms with van der Waals surface area (Å²) in [5.41, 5.74) is 0.0156. The molecule has 0 aromatic rings. The molecule has 100 valence electrons. The number of carbonyl (C=O) groups excluding carboxylic acids is 1. The topological polar surface area (TPSA) is 35.6 Å². The van der Waals surface area contributed by atoms with Gasteiger partial charge in [0.05, 0.1) is 12.7 Å². The molecule has 1 aliphatic heterocycles. The minimum absolute atomic E-state index is 0.0120. The minimum atomic E-state index is 0.0120. The van der Waals surface area contributed by atoms with Crippen molar-refractivity contribution in [2.24, 2.45) is 5.92 Å². The van der Waals surface area contributed by atoms with Crippen molar-refractivity contribution in [3.8, 4) is 0 Å². The van der Waals surface area contributed by atoms with Gasteiger partial charge in [-0.2, -0.15) is 0 Å². The Labute approximate surface area is 105 Å². The second-order valence-corrected chi connectivity index (χ2v) is 5.97. The first kappa shape index (κ1) is 14.5. The maximum absolute atomic E-state index is 12.3. The number of rotatable bonds is 5. The predicted molar refractivity (Wildman–Crippen MR) is 70.7 cm³/mol. The molecule has 1 aliphatic rings. The highest BCUT2D eigenvalue weighted by molar-refractivity contribution is 5.84. The molecule has 0 aliphatic carbocycles. The van der Waals surface area contributed by atoms with Crippen molar-refractivity contribution in [2.45, 2.75) is 45.7 Å². The summed E-state index contributed by atoms with van der Waals surface area (Å²) in [5, 5.41) is 3.33. The molecule has 1 fully saturated rings. The van der Waals surface area contributed by atoms with E-state index in [1.54, 1.807) is 0 Å². The third-order valence-corrected chi connectivity index (χ3v) is 4.08. The average molecular weight is 241 g/mol. The van der Waals surface area contributed by atoms with Crippen LogP contribution in [0.5, 0.6) is 0 Å². The molecule has 1 amide bonds. The van der Waals surface area contributed by atoms with E-state index in [-0.39, 0.29) is 17.5 Å². The van der Waals surface area contributed by atoms with E-state index in [2.05, 4.69) is 52.0 Å². The zero-order chi connectivity index (χ0) is 13.2. The molecular formula is C13H27N3O. The number of hydrogen-bond acceptors (Lipinski definition) is 3. The third kappa shape index (κ3) is 3.19. The number of likely N-dealkylation sites (N-methyl/N-ethyl adjacent to an activating group) is 1. The van der Waals surface area contributed by atoms with Crippen LogP contribution >= 0.6 is 0 Å². The molecular weight excluding hydrogens is 214 g/mol. The maximum Gasteiger partial charge on any atom is 0.241 e. The van der Waals surface area contributed by atoms with Crippen LogP contribution in [0.25, 0.3) is 0 Å². The molecule has 1 rings (SSSR count). The molecule has 0 aromatic carbocycles. The van der Waals surface area contributed by atoms with E-state index in [9.17, 15) is 4.79 Å². The second kappa shape index (κ2) is 5.36. The Morgan fingerprint density at radius 3 is 2.59 bits per heavy atom. The van der Waals surface area contributed by atoms with Crippen LogP contribution in [0.4, 0.5) is 0 Å². The fourth-order valence-electron chi connectivity index (χ4n) is 1.99. The smallest absolute Gasteiger partial charge is 0.241 e. The normalized spacial score (nSPS) is 23.6. The first-order chi connectivity index (χ1) is 7.79. The van der Waals surface area contributed by atoms with Gasteiger partial charge in [0.15, 0.2) is 0 Å². The van der Waals surface area contributed by atoms with Crippen molar-refractivity contribution < 1.29 is 4.79 Å². The SMILES string of the molecule is CCC(C)C1NCN(CC(C)(C)N(C)C)C1=O. The molecule has 0 radical (unpaired) electrons. The average Bonchev–Trinajstić information content (AvgIpc) is 2.59. The van der Waals surface area contributed by atoms with E-state index in [0.717, 1.165) is 13.0 Å². The summed E-state index contributed by atoms with van der Waals surface area (Å²) in [7, 11) is 4.11. The van der Waals surface area contributed by atoms with Crippen molar-refractivity contribution >= 4 is 5.91 Å². The van der Waals surface area contributed by atoms with Gasteiger partial charge >= 0.3 is 0 Å². The molecule has 2 atom stereocenters. The lowest BCUT2D eigenvalue weighted by Crippen LogP contribution is -2.49. The standard InChI is InChI=1S/C13H27N3O/c1-7-10(2)11-12(17)16(9-14-11)8-13(3,4)15(5)6/h10-11,14H,7-9H2,1-6H3. The van der Waals surface area contributed by atoms with Gasteiger partial charge in [-0.15, -0.1) is 0 Å². The van der Waals surface area contributed by atoms with Crippen LogP contribution in [-0.4, -0.2) is 54.6 Å². The van der Waals surface area contributed by atoms with Gasteiger partial charge in [-0.25, -0.2) is 0 Å².